The van der Waals surface area contributed by atoms with E-state index >= 15 is 0 Å². The third-order valence-electron chi connectivity index (χ3n) is 4.23. The Hall–Kier alpha value is -2.81. The summed E-state index contributed by atoms with van der Waals surface area (Å²) in [4.78, 5) is 12.6. The summed E-state index contributed by atoms with van der Waals surface area (Å²) in [6.07, 6.45) is 6.77. The second-order valence-corrected chi connectivity index (χ2v) is 6.22. The highest BCUT2D eigenvalue weighted by molar-refractivity contribution is 5.52. The van der Waals surface area contributed by atoms with Crippen LogP contribution in [0, 0.1) is 0 Å². The number of aromatic nitrogens is 3. The summed E-state index contributed by atoms with van der Waals surface area (Å²) in [6, 6.07) is 1.78. The van der Waals surface area contributed by atoms with Gasteiger partial charge in [-0.05, 0) is 12.8 Å². The van der Waals surface area contributed by atoms with Gasteiger partial charge in [0, 0.05) is 24.9 Å². The van der Waals surface area contributed by atoms with Crippen LogP contribution >= 0.6 is 0 Å². The predicted octanol–water partition coefficient (Wildman–Crippen LogP) is 2.40. The quantitative estimate of drug-likeness (QED) is 0.500. The molecular formula is C19H29N5O4. The molecule has 0 aromatic carbocycles. The van der Waals surface area contributed by atoms with Crippen LogP contribution in [0.25, 0.3) is 0 Å². The second kappa shape index (κ2) is 11.1. The molecule has 0 spiro atoms. The molecule has 2 aromatic heterocycles. The SMILES string of the molecule is CCCC[C@@H](CCO)Nc1nc(N)ncc1OCc1nccc(OC)c1OC. The lowest BCUT2D eigenvalue weighted by Gasteiger charge is -2.20. The van der Waals surface area contributed by atoms with Gasteiger partial charge in [-0.3, -0.25) is 4.98 Å². The Morgan fingerprint density at radius 3 is 2.68 bits per heavy atom. The maximum absolute atomic E-state index is 9.33. The Kier molecular flexibility index (Phi) is 8.54. The second-order valence-electron chi connectivity index (χ2n) is 6.22. The summed E-state index contributed by atoms with van der Waals surface area (Å²) in [5.41, 5.74) is 6.34. The van der Waals surface area contributed by atoms with Gasteiger partial charge in [0.1, 0.15) is 12.3 Å². The van der Waals surface area contributed by atoms with Crippen molar-refractivity contribution in [2.24, 2.45) is 0 Å². The van der Waals surface area contributed by atoms with Gasteiger partial charge in [-0.15, -0.1) is 0 Å². The fraction of sp³-hybridized carbons (Fsp3) is 0.526. The molecule has 2 aromatic rings. The maximum Gasteiger partial charge on any atom is 0.222 e. The number of rotatable bonds is 12. The number of hydrogen-bond acceptors (Lipinski definition) is 9. The molecule has 0 saturated heterocycles. The molecule has 0 aliphatic rings. The number of ether oxygens (including phenoxy) is 3. The third kappa shape index (κ3) is 5.85. The first-order valence-electron chi connectivity index (χ1n) is 9.31. The van der Waals surface area contributed by atoms with Crippen LogP contribution in [0.5, 0.6) is 17.2 Å². The van der Waals surface area contributed by atoms with E-state index in [1.807, 2.05) is 0 Å². The largest absolute Gasteiger partial charge is 0.493 e. The summed E-state index contributed by atoms with van der Waals surface area (Å²) in [6.45, 7) is 2.35. The van der Waals surface area contributed by atoms with Crippen LogP contribution in [0.4, 0.5) is 11.8 Å². The Morgan fingerprint density at radius 1 is 1.18 bits per heavy atom. The van der Waals surface area contributed by atoms with E-state index in [-0.39, 0.29) is 25.2 Å². The van der Waals surface area contributed by atoms with Gasteiger partial charge in [-0.2, -0.15) is 4.98 Å². The van der Waals surface area contributed by atoms with Gasteiger partial charge >= 0.3 is 0 Å². The first-order valence-corrected chi connectivity index (χ1v) is 9.31. The van der Waals surface area contributed by atoms with Gasteiger partial charge in [0.2, 0.25) is 5.95 Å². The highest BCUT2D eigenvalue weighted by atomic mass is 16.5. The van der Waals surface area contributed by atoms with Crippen molar-refractivity contribution in [2.45, 2.75) is 45.3 Å². The highest BCUT2D eigenvalue weighted by Crippen LogP contribution is 2.31. The minimum Gasteiger partial charge on any atom is -0.493 e. The van der Waals surface area contributed by atoms with Crippen molar-refractivity contribution in [1.82, 2.24) is 15.0 Å². The fourth-order valence-electron chi connectivity index (χ4n) is 2.78. The Morgan fingerprint density at radius 2 is 2.00 bits per heavy atom. The first kappa shape index (κ1) is 21.5. The van der Waals surface area contributed by atoms with E-state index in [1.165, 1.54) is 6.20 Å². The molecule has 2 heterocycles. The monoisotopic (exact) mass is 391 g/mol. The lowest BCUT2D eigenvalue weighted by Crippen LogP contribution is -2.22. The van der Waals surface area contributed by atoms with Crippen LogP contribution in [-0.4, -0.2) is 46.9 Å². The average Bonchev–Trinajstić information content (AvgIpc) is 2.71. The van der Waals surface area contributed by atoms with Crippen LogP contribution in [0.3, 0.4) is 0 Å². The van der Waals surface area contributed by atoms with Crippen molar-refractivity contribution in [2.75, 3.05) is 31.9 Å². The summed E-state index contributed by atoms with van der Waals surface area (Å²) in [5, 5.41) is 12.7. The topological polar surface area (TPSA) is 125 Å². The van der Waals surface area contributed by atoms with Crippen molar-refractivity contribution in [3.8, 4) is 17.2 Å². The molecule has 28 heavy (non-hydrogen) atoms. The van der Waals surface area contributed by atoms with E-state index in [2.05, 4.69) is 27.2 Å². The van der Waals surface area contributed by atoms with Crippen molar-refractivity contribution >= 4 is 11.8 Å². The van der Waals surface area contributed by atoms with Crippen molar-refractivity contribution in [1.29, 1.82) is 0 Å². The number of nitrogens with one attached hydrogen (secondary N) is 1. The van der Waals surface area contributed by atoms with Crippen molar-refractivity contribution < 1.29 is 19.3 Å². The number of hydrogen-bond donors (Lipinski definition) is 3. The van der Waals surface area contributed by atoms with Crippen LogP contribution in [0.1, 0.15) is 38.3 Å². The smallest absolute Gasteiger partial charge is 0.222 e. The zero-order valence-electron chi connectivity index (χ0n) is 16.6. The van der Waals surface area contributed by atoms with E-state index < -0.39 is 0 Å². The molecule has 9 heteroatoms. The van der Waals surface area contributed by atoms with Crippen LogP contribution < -0.4 is 25.3 Å². The number of unbranched alkanes of at least 4 members (excludes halogenated alkanes) is 1. The highest BCUT2D eigenvalue weighted by Gasteiger charge is 2.16. The number of pyridine rings is 1. The molecule has 0 fully saturated rings. The Bertz CT molecular complexity index is 744. The Balaban J connectivity index is 2.18. The molecule has 0 saturated carbocycles. The predicted molar refractivity (Wildman–Crippen MR) is 107 cm³/mol. The maximum atomic E-state index is 9.33. The lowest BCUT2D eigenvalue weighted by molar-refractivity contribution is 0.273. The minimum absolute atomic E-state index is 0.0612. The fourth-order valence-corrected chi connectivity index (χ4v) is 2.78. The van der Waals surface area contributed by atoms with Gasteiger partial charge in [0.25, 0.3) is 0 Å². The summed E-state index contributed by atoms with van der Waals surface area (Å²) in [5.74, 6) is 2.16. The van der Waals surface area contributed by atoms with Gasteiger partial charge in [-0.25, -0.2) is 4.98 Å². The Labute approximate surface area is 165 Å². The zero-order valence-corrected chi connectivity index (χ0v) is 16.6. The van der Waals surface area contributed by atoms with Crippen LogP contribution in [0.15, 0.2) is 18.5 Å². The molecule has 1 atom stereocenters. The molecule has 0 amide bonds. The van der Waals surface area contributed by atoms with Crippen molar-refractivity contribution in [3.05, 3.63) is 24.2 Å². The number of methoxy groups -OCH3 is 2. The molecule has 0 unspecified atom stereocenters. The van der Waals surface area contributed by atoms with E-state index in [1.54, 1.807) is 26.5 Å². The van der Waals surface area contributed by atoms with Gasteiger partial charge in [0.15, 0.2) is 23.1 Å². The molecule has 154 valence electrons. The van der Waals surface area contributed by atoms with E-state index in [0.29, 0.717) is 35.2 Å². The molecular weight excluding hydrogens is 362 g/mol. The minimum atomic E-state index is 0.0612. The van der Waals surface area contributed by atoms with Crippen LogP contribution in [-0.2, 0) is 6.61 Å². The van der Waals surface area contributed by atoms with E-state index in [0.717, 1.165) is 19.3 Å². The molecule has 9 nitrogen and oxygen atoms in total. The number of nitrogens with zero attached hydrogens (tertiary/aromatic N) is 3. The standard InChI is InChI=1S/C19H29N5O4/c1-4-5-6-13(8-10-25)23-18-16(11-22-19(20)24-18)28-12-14-17(27-3)15(26-2)7-9-21-14/h7,9,11,13,25H,4-6,8,10,12H2,1-3H3,(H3,20,22,23,24)/t13-/m0/s1. The molecule has 0 aliphatic carbocycles. The van der Waals surface area contributed by atoms with E-state index in [9.17, 15) is 5.11 Å². The van der Waals surface area contributed by atoms with Crippen molar-refractivity contribution in [3.63, 3.8) is 0 Å². The average molecular weight is 391 g/mol. The third-order valence-corrected chi connectivity index (χ3v) is 4.23. The van der Waals surface area contributed by atoms with Gasteiger partial charge < -0.3 is 30.4 Å². The molecule has 0 bridgehead atoms. The number of anilines is 2. The number of nitrogens with two attached hydrogens (primary N) is 1. The number of aliphatic hydroxyl groups excluding tert-OH is 1. The first-order chi connectivity index (χ1) is 13.6. The summed E-state index contributed by atoms with van der Waals surface area (Å²) in [7, 11) is 3.12. The molecule has 4 N–H and O–H groups in total. The zero-order chi connectivity index (χ0) is 20.4. The molecule has 0 aliphatic heterocycles. The van der Waals surface area contributed by atoms with Gasteiger partial charge in [-0.1, -0.05) is 19.8 Å². The van der Waals surface area contributed by atoms with E-state index in [4.69, 9.17) is 19.9 Å². The molecule has 0 radical (unpaired) electrons. The number of aliphatic hydroxyl groups is 1. The number of nitrogen functional groups attached to an aromatic ring is 1. The normalized spacial score (nSPS) is 11.7. The molecule has 2 rings (SSSR count). The lowest BCUT2D eigenvalue weighted by atomic mass is 10.1. The van der Waals surface area contributed by atoms with Crippen LogP contribution in [0.2, 0.25) is 0 Å². The summed E-state index contributed by atoms with van der Waals surface area (Å²) < 4.78 is 16.6. The van der Waals surface area contributed by atoms with Gasteiger partial charge in [0.05, 0.1) is 20.4 Å². The summed E-state index contributed by atoms with van der Waals surface area (Å²) >= 11 is 0.